The van der Waals surface area contributed by atoms with E-state index in [1.54, 1.807) is 0 Å². The Morgan fingerprint density at radius 3 is 0.800 bits per heavy atom. The summed E-state index contributed by atoms with van der Waals surface area (Å²) in [5, 5.41) is 0. The predicted octanol–water partition coefficient (Wildman–Crippen LogP) is -2.02. The molecule has 5 heteroatoms. The fourth-order valence-electron chi connectivity index (χ4n) is 0. The number of hydrogen-bond donors (Lipinski definition) is 0. The van der Waals surface area contributed by atoms with Gasteiger partial charge in [-0.3, -0.25) is 0 Å². The first kappa shape index (κ1) is 63.5. The van der Waals surface area contributed by atoms with Crippen molar-refractivity contribution < 1.29 is 55.2 Å². The average Bonchev–Trinajstić information content (AvgIpc) is 0. The molecule has 1 nitrogen and oxygen atoms in total. The van der Waals surface area contributed by atoms with Gasteiger partial charge in [-0.05, 0) is 0 Å². The normalized spacial score (nSPS) is 0. The fourth-order valence-corrected chi connectivity index (χ4v) is 0. The third-order valence-corrected chi connectivity index (χ3v) is 0. The molecule has 0 amide bonds. The van der Waals surface area contributed by atoms with Gasteiger partial charge >= 0.3 is 0 Å². The Labute approximate surface area is 72.1 Å². The molecule has 1 radical (unpaired) electrons. The van der Waals surface area contributed by atoms with Crippen LogP contribution >= 0.6 is 0 Å². The first-order valence-electron chi connectivity index (χ1n) is 0. The summed E-state index contributed by atoms with van der Waals surface area (Å²) in [6, 6.07) is 0. The summed E-state index contributed by atoms with van der Waals surface area (Å²) in [5.74, 6) is 0. The SMILES string of the molecule is O.[AlH3].[Co].[Ni].[Ni]. The van der Waals surface area contributed by atoms with Gasteiger partial charge < -0.3 is 5.48 Å². The standard InChI is InChI=1S/Al.Co.2Ni.H2O.3H/h;;;;1H2;;;. The zero-order valence-electron chi connectivity index (χ0n) is 1.47. The maximum Gasteiger partial charge on any atom is 0.187 e. The van der Waals surface area contributed by atoms with Crippen LogP contribution in [0.1, 0.15) is 0 Å². The summed E-state index contributed by atoms with van der Waals surface area (Å²) in [6.45, 7) is 0. The maximum atomic E-state index is 0. The molecular weight excluding hydrogens is 219 g/mol. The number of hydrogen-bond acceptors (Lipinski definition) is 0. The minimum absolute atomic E-state index is 0. The predicted molar refractivity (Wildman–Crippen MR) is 13.6 cm³/mol. The van der Waals surface area contributed by atoms with Crippen molar-refractivity contribution in [1.29, 1.82) is 0 Å². The second-order valence-corrected chi connectivity index (χ2v) is 0. The molecule has 0 aromatic carbocycles. The summed E-state index contributed by atoms with van der Waals surface area (Å²) >= 11 is 0. The summed E-state index contributed by atoms with van der Waals surface area (Å²) in [4.78, 5) is 0. The Balaban J connectivity index is 0. The molecule has 5 heavy (non-hydrogen) atoms. The van der Waals surface area contributed by atoms with E-state index in [4.69, 9.17) is 0 Å². The van der Waals surface area contributed by atoms with Gasteiger partial charge in [0.15, 0.2) is 17.4 Å². The minimum atomic E-state index is 0. The number of rotatable bonds is 0. The summed E-state index contributed by atoms with van der Waals surface area (Å²) < 4.78 is 0. The van der Waals surface area contributed by atoms with E-state index >= 15 is 0 Å². The molecule has 0 aliphatic heterocycles. The Hall–Kier alpha value is 1.99. The van der Waals surface area contributed by atoms with E-state index < -0.39 is 0 Å². The van der Waals surface area contributed by atoms with Gasteiger partial charge in [-0.25, -0.2) is 0 Å². The van der Waals surface area contributed by atoms with E-state index in [1.165, 1.54) is 0 Å². The zero-order valence-corrected chi connectivity index (χ0v) is 4.48. The van der Waals surface area contributed by atoms with Crippen molar-refractivity contribution in [2.24, 2.45) is 0 Å². The first-order chi connectivity index (χ1) is 0. The van der Waals surface area contributed by atoms with Crippen LogP contribution in [0.15, 0.2) is 0 Å². The van der Waals surface area contributed by atoms with Gasteiger partial charge in [0, 0.05) is 49.8 Å². The van der Waals surface area contributed by atoms with E-state index in [9.17, 15) is 0 Å². The largest absolute Gasteiger partial charge is 0.412 e. The molecule has 43 valence electrons. The quantitative estimate of drug-likeness (QED) is 0.426. The smallest absolute Gasteiger partial charge is 0.187 e. The van der Waals surface area contributed by atoms with Crippen molar-refractivity contribution in [3.05, 3.63) is 0 Å². The molecular formula is H5AlCoNi2O. The zero-order chi connectivity index (χ0) is 0. The Kier molecular flexibility index (Phi) is 479. The molecule has 0 rings (SSSR count). The molecule has 0 aliphatic carbocycles. The van der Waals surface area contributed by atoms with Crippen LogP contribution in [0.5, 0.6) is 0 Å². The summed E-state index contributed by atoms with van der Waals surface area (Å²) in [7, 11) is 0. The molecule has 2 N–H and O–H groups in total. The molecule has 0 aromatic heterocycles. The Morgan fingerprint density at radius 2 is 0.800 bits per heavy atom. The average molecular weight is 224 g/mol. The van der Waals surface area contributed by atoms with Crippen molar-refractivity contribution in [3.8, 4) is 0 Å². The molecule has 0 saturated carbocycles. The Morgan fingerprint density at radius 1 is 0.800 bits per heavy atom. The van der Waals surface area contributed by atoms with Crippen molar-refractivity contribution in [2.45, 2.75) is 0 Å². The van der Waals surface area contributed by atoms with Gasteiger partial charge in [0.25, 0.3) is 0 Å². The molecule has 0 aromatic rings. The van der Waals surface area contributed by atoms with Gasteiger partial charge in [0.1, 0.15) is 0 Å². The third kappa shape index (κ3) is 24.1. The van der Waals surface area contributed by atoms with Gasteiger partial charge in [0.2, 0.25) is 0 Å². The second-order valence-electron chi connectivity index (χ2n) is 0. The maximum absolute atomic E-state index is 0. The van der Waals surface area contributed by atoms with Gasteiger partial charge in [0.05, 0.1) is 0 Å². The van der Waals surface area contributed by atoms with Crippen molar-refractivity contribution in [3.63, 3.8) is 0 Å². The molecule has 0 saturated heterocycles. The molecule has 0 unspecified atom stereocenters. The van der Waals surface area contributed by atoms with E-state index in [-0.39, 0.29) is 72.6 Å². The molecule has 0 aliphatic rings. The summed E-state index contributed by atoms with van der Waals surface area (Å²) in [5.41, 5.74) is 0. The minimum Gasteiger partial charge on any atom is -0.412 e. The van der Waals surface area contributed by atoms with E-state index in [0.717, 1.165) is 0 Å². The van der Waals surface area contributed by atoms with E-state index in [2.05, 4.69) is 0 Å². The molecule has 0 fully saturated rings. The topological polar surface area (TPSA) is 31.5 Å². The molecule has 0 heterocycles. The molecule has 0 bridgehead atoms. The van der Waals surface area contributed by atoms with Gasteiger partial charge in [-0.15, -0.1) is 0 Å². The van der Waals surface area contributed by atoms with Gasteiger partial charge in [-0.1, -0.05) is 0 Å². The van der Waals surface area contributed by atoms with Crippen molar-refractivity contribution in [2.75, 3.05) is 0 Å². The van der Waals surface area contributed by atoms with Crippen LogP contribution in [0.25, 0.3) is 0 Å². The van der Waals surface area contributed by atoms with Crippen LogP contribution in [0.2, 0.25) is 0 Å². The van der Waals surface area contributed by atoms with Crippen LogP contribution < -0.4 is 0 Å². The van der Waals surface area contributed by atoms with Crippen LogP contribution in [0.4, 0.5) is 0 Å². The fraction of sp³-hybridized carbons (Fsp3) is 0. The monoisotopic (exact) mass is 223 g/mol. The van der Waals surface area contributed by atoms with Crippen molar-refractivity contribution in [1.82, 2.24) is 0 Å². The van der Waals surface area contributed by atoms with Crippen LogP contribution in [0, 0.1) is 0 Å². The Bertz CT molecular complexity index is 9.61. The first-order valence-corrected chi connectivity index (χ1v) is 0. The van der Waals surface area contributed by atoms with Crippen LogP contribution in [-0.4, -0.2) is 22.8 Å². The van der Waals surface area contributed by atoms with Crippen LogP contribution in [-0.2, 0) is 49.8 Å². The summed E-state index contributed by atoms with van der Waals surface area (Å²) in [6.07, 6.45) is 0. The third-order valence-electron chi connectivity index (χ3n) is 0. The van der Waals surface area contributed by atoms with E-state index in [1.807, 2.05) is 0 Å². The molecule has 0 spiro atoms. The van der Waals surface area contributed by atoms with Crippen LogP contribution in [0.3, 0.4) is 0 Å². The second kappa shape index (κ2) is 37.7. The van der Waals surface area contributed by atoms with Crippen molar-refractivity contribution >= 4 is 17.4 Å². The van der Waals surface area contributed by atoms with E-state index in [0.29, 0.717) is 0 Å². The van der Waals surface area contributed by atoms with Gasteiger partial charge in [-0.2, -0.15) is 0 Å². The molecule has 0 atom stereocenters.